The molecule has 2 aromatic carbocycles. The molecule has 2 aromatic rings. The fourth-order valence-corrected chi connectivity index (χ4v) is 5.72. The molecule has 2 aliphatic rings. The van der Waals surface area contributed by atoms with Crippen molar-refractivity contribution in [1.82, 2.24) is 4.90 Å². The van der Waals surface area contributed by atoms with Crippen molar-refractivity contribution in [3.8, 4) is 0 Å². The van der Waals surface area contributed by atoms with Gasteiger partial charge >= 0.3 is 0 Å². The van der Waals surface area contributed by atoms with Crippen molar-refractivity contribution >= 4 is 45.8 Å². The molecule has 0 radical (unpaired) electrons. The van der Waals surface area contributed by atoms with Crippen LogP contribution in [0.25, 0.3) is 0 Å². The number of nitrogens with two attached hydrogens (primary N) is 1. The van der Waals surface area contributed by atoms with E-state index in [0.29, 0.717) is 6.04 Å². The standard InChI is InChI=1S/C21H26BrN3S.ClH/c1-14-10-19(24-17-4-7-25(8-5-17)9-6-23)18-12-15-2-3-16(22)13-20(15)26-21(18)11-14;/h2-3,10-11,13,17,24H,4-9,12,23H2,1H3;1H. The summed E-state index contributed by atoms with van der Waals surface area (Å²) in [5.74, 6) is 0. The van der Waals surface area contributed by atoms with Crippen LogP contribution in [0.15, 0.2) is 44.6 Å². The van der Waals surface area contributed by atoms with Crippen LogP contribution in [0.2, 0.25) is 0 Å². The lowest BCUT2D eigenvalue weighted by Gasteiger charge is -2.33. The molecule has 6 heteroatoms. The second-order valence-electron chi connectivity index (χ2n) is 7.37. The van der Waals surface area contributed by atoms with Gasteiger partial charge in [-0.15, -0.1) is 12.4 Å². The first kappa shape index (κ1) is 21.0. The van der Waals surface area contributed by atoms with E-state index in [2.05, 4.69) is 63.4 Å². The lowest BCUT2D eigenvalue weighted by Crippen LogP contribution is -2.41. The number of nitrogens with zero attached hydrogens (tertiary/aromatic N) is 1. The van der Waals surface area contributed by atoms with E-state index in [1.807, 2.05) is 11.8 Å². The summed E-state index contributed by atoms with van der Waals surface area (Å²) < 4.78 is 1.16. The molecule has 0 saturated carbocycles. The number of hydrogen-bond acceptors (Lipinski definition) is 4. The van der Waals surface area contributed by atoms with Crippen LogP contribution in [0.3, 0.4) is 0 Å². The Hall–Kier alpha value is -0.720. The number of benzene rings is 2. The van der Waals surface area contributed by atoms with E-state index in [1.165, 1.54) is 45.0 Å². The zero-order valence-corrected chi connectivity index (χ0v) is 18.9. The lowest BCUT2D eigenvalue weighted by atomic mass is 9.98. The first-order valence-electron chi connectivity index (χ1n) is 9.41. The molecule has 4 rings (SSSR count). The quantitative estimate of drug-likeness (QED) is 0.561. The summed E-state index contributed by atoms with van der Waals surface area (Å²) in [6, 6.07) is 11.9. The minimum absolute atomic E-state index is 0. The Labute approximate surface area is 181 Å². The monoisotopic (exact) mass is 467 g/mol. The molecule has 1 fully saturated rings. The van der Waals surface area contributed by atoms with Gasteiger partial charge in [-0.25, -0.2) is 0 Å². The van der Waals surface area contributed by atoms with Crippen LogP contribution in [0.4, 0.5) is 5.69 Å². The van der Waals surface area contributed by atoms with Crippen molar-refractivity contribution in [1.29, 1.82) is 0 Å². The third-order valence-corrected chi connectivity index (χ3v) is 7.04. The fraction of sp³-hybridized carbons (Fsp3) is 0.429. The van der Waals surface area contributed by atoms with E-state index in [9.17, 15) is 0 Å². The van der Waals surface area contributed by atoms with Crippen molar-refractivity contribution in [3.05, 3.63) is 51.5 Å². The van der Waals surface area contributed by atoms with Gasteiger partial charge in [0.25, 0.3) is 0 Å². The zero-order chi connectivity index (χ0) is 18.1. The first-order valence-corrected chi connectivity index (χ1v) is 11.0. The molecule has 2 heterocycles. The van der Waals surface area contributed by atoms with Gasteiger partial charge < -0.3 is 16.0 Å². The maximum Gasteiger partial charge on any atom is 0.0392 e. The van der Waals surface area contributed by atoms with Crippen molar-refractivity contribution in [3.63, 3.8) is 0 Å². The molecular weight excluding hydrogens is 442 g/mol. The van der Waals surface area contributed by atoms with Crippen molar-refractivity contribution in [2.24, 2.45) is 5.73 Å². The van der Waals surface area contributed by atoms with Crippen LogP contribution in [0.1, 0.15) is 29.5 Å². The molecule has 0 amide bonds. The molecule has 0 aliphatic carbocycles. The summed E-state index contributed by atoms with van der Waals surface area (Å²) in [5.41, 5.74) is 11.2. The number of halogens is 2. The molecule has 0 bridgehead atoms. The number of rotatable bonds is 4. The maximum atomic E-state index is 5.70. The number of anilines is 1. The third-order valence-electron chi connectivity index (χ3n) is 5.36. The molecule has 146 valence electrons. The van der Waals surface area contributed by atoms with Crippen molar-refractivity contribution in [2.45, 2.75) is 42.0 Å². The number of nitrogens with one attached hydrogen (secondary N) is 1. The zero-order valence-electron chi connectivity index (χ0n) is 15.6. The summed E-state index contributed by atoms with van der Waals surface area (Å²) in [6.07, 6.45) is 3.40. The fourth-order valence-electron chi connectivity index (χ4n) is 3.97. The molecule has 0 unspecified atom stereocenters. The molecule has 0 spiro atoms. The Balaban J connectivity index is 0.00000210. The Morgan fingerprint density at radius 1 is 1.19 bits per heavy atom. The largest absolute Gasteiger partial charge is 0.382 e. The molecule has 1 saturated heterocycles. The number of piperidine rings is 1. The Morgan fingerprint density at radius 3 is 2.70 bits per heavy atom. The Kier molecular flexibility index (Phi) is 7.14. The molecule has 0 aromatic heterocycles. The highest BCUT2D eigenvalue weighted by molar-refractivity contribution is 9.10. The van der Waals surface area contributed by atoms with Crippen molar-refractivity contribution in [2.75, 3.05) is 31.5 Å². The van der Waals surface area contributed by atoms with Crippen LogP contribution >= 0.6 is 40.1 Å². The molecule has 0 atom stereocenters. The summed E-state index contributed by atoms with van der Waals surface area (Å²) in [5, 5.41) is 3.87. The first-order chi connectivity index (χ1) is 12.6. The van der Waals surface area contributed by atoms with Gasteiger partial charge in [-0.3, -0.25) is 0 Å². The van der Waals surface area contributed by atoms with Gasteiger partial charge in [0.1, 0.15) is 0 Å². The SMILES string of the molecule is Cc1cc(NC2CCN(CCN)CC2)c2c(c1)Sc1cc(Br)ccc1C2.Cl. The van der Waals surface area contributed by atoms with Crippen LogP contribution in [0.5, 0.6) is 0 Å². The highest BCUT2D eigenvalue weighted by atomic mass is 79.9. The van der Waals surface area contributed by atoms with E-state index < -0.39 is 0 Å². The number of hydrogen-bond donors (Lipinski definition) is 2. The number of likely N-dealkylation sites (tertiary alicyclic amines) is 1. The summed E-state index contributed by atoms with van der Waals surface area (Å²) in [6.45, 7) is 6.28. The summed E-state index contributed by atoms with van der Waals surface area (Å²) in [7, 11) is 0. The molecule has 2 aliphatic heterocycles. The van der Waals surface area contributed by atoms with Gasteiger partial charge in [0.15, 0.2) is 0 Å². The van der Waals surface area contributed by atoms with Crippen LogP contribution in [0, 0.1) is 6.92 Å². The average molecular weight is 469 g/mol. The van der Waals surface area contributed by atoms with Crippen LogP contribution in [-0.2, 0) is 6.42 Å². The van der Waals surface area contributed by atoms with Crippen LogP contribution < -0.4 is 11.1 Å². The van der Waals surface area contributed by atoms with Gasteiger partial charge in [-0.2, -0.15) is 0 Å². The minimum Gasteiger partial charge on any atom is -0.382 e. The smallest absolute Gasteiger partial charge is 0.0392 e. The summed E-state index contributed by atoms with van der Waals surface area (Å²) >= 11 is 5.51. The minimum atomic E-state index is 0. The molecule has 3 nitrogen and oxygen atoms in total. The Morgan fingerprint density at radius 2 is 1.96 bits per heavy atom. The van der Waals surface area contributed by atoms with E-state index in [1.54, 1.807) is 0 Å². The second-order valence-corrected chi connectivity index (χ2v) is 9.37. The van der Waals surface area contributed by atoms with Gasteiger partial charge in [0.2, 0.25) is 0 Å². The van der Waals surface area contributed by atoms with Crippen molar-refractivity contribution < 1.29 is 0 Å². The van der Waals surface area contributed by atoms with E-state index in [0.717, 1.165) is 37.1 Å². The van der Waals surface area contributed by atoms with Gasteiger partial charge in [-0.05, 0) is 60.7 Å². The van der Waals surface area contributed by atoms with E-state index in [4.69, 9.17) is 5.73 Å². The number of fused-ring (bicyclic) bond motifs is 2. The predicted molar refractivity (Wildman–Crippen MR) is 122 cm³/mol. The molecule has 3 N–H and O–H groups in total. The predicted octanol–water partition coefficient (Wildman–Crippen LogP) is 5.07. The van der Waals surface area contributed by atoms with Gasteiger partial charge in [0.05, 0.1) is 0 Å². The molecule has 27 heavy (non-hydrogen) atoms. The second kappa shape index (κ2) is 9.19. The van der Waals surface area contributed by atoms with Gasteiger partial charge in [0, 0.05) is 58.6 Å². The third kappa shape index (κ3) is 4.83. The Bertz CT molecular complexity index is 806. The van der Waals surface area contributed by atoms with E-state index in [-0.39, 0.29) is 12.4 Å². The normalized spacial score (nSPS) is 17.0. The summed E-state index contributed by atoms with van der Waals surface area (Å²) in [4.78, 5) is 5.26. The average Bonchev–Trinajstić information content (AvgIpc) is 2.62. The lowest BCUT2D eigenvalue weighted by molar-refractivity contribution is 0.224. The highest BCUT2D eigenvalue weighted by Crippen LogP contribution is 2.44. The number of aryl methyl sites for hydroxylation is 1. The molecular formula is C21H27BrClN3S. The topological polar surface area (TPSA) is 41.3 Å². The van der Waals surface area contributed by atoms with Crippen LogP contribution in [-0.4, -0.2) is 37.1 Å². The van der Waals surface area contributed by atoms with E-state index >= 15 is 0 Å². The maximum absolute atomic E-state index is 5.70. The highest BCUT2D eigenvalue weighted by Gasteiger charge is 2.23. The van der Waals surface area contributed by atoms with Gasteiger partial charge in [-0.1, -0.05) is 33.8 Å².